The van der Waals surface area contributed by atoms with Crippen LogP contribution in [0.1, 0.15) is 41.5 Å². The molecular formula is C12H20. The summed E-state index contributed by atoms with van der Waals surface area (Å²) in [7, 11) is 0. The summed E-state index contributed by atoms with van der Waals surface area (Å²) < 4.78 is 0. The lowest BCUT2D eigenvalue weighted by Gasteiger charge is -2.06. The largest absolute Gasteiger partial charge is 0.0985 e. The number of rotatable bonds is 0. The predicted octanol–water partition coefficient (Wildman–Crippen LogP) is 3.33. The van der Waals surface area contributed by atoms with Crippen LogP contribution in [-0.2, 0) is 0 Å². The summed E-state index contributed by atoms with van der Waals surface area (Å²) >= 11 is 0. The van der Waals surface area contributed by atoms with E-state index < -0.39 is 0 Å². The van der Waals surface area contributed by atoms with Gasteiger partial charge in [-0.3, -0.25) is 0 Å². The van der Waals surface area contributed by atoms with Gasteiger partial charge in [0.2, 0.25) is 0 Å². The molecule has 0 N–H and O–H groups in total. The molecule has 0 amide bonds. The number of hydrogen-bond donors (Lipinski definition) is 0. The zero-order valence-electron chi connectivity index (χ0n) is 9.15. The van der Waals surface area contributed by atoms with Crippen LogP contribution in [0.5, 0.6) is 0 Å². The Morgan fingerprint density at radius 2 is 1.58 bits per heavy atom. The molecule has 1 aliphatic carbocycles. The van der Waals surface area contributed by atoms with Gasteiger partial charge in [0, 0.05) is 11.3 Å². The third-order valence-corrected chi connectivity index (χ3v) is 2.97. The molecule has 12 heavy (non-hydrogen) atoms. The van der Waals surface area contributed by atoms with E-state index in [4.69, 9.17) is 0 Å². The Kier molecular flexibility index (Phi) is 2.03. The predicted molar refractivity (Wildman–Crippen MR) is 53.7 cm³/mol. The lowest BCUT2D eigenvalue weighted by molar-refractivity contribution is 0.562. The van der Waals surface area contributed by atoms with E-state index in [-0.39, 0.29) is 5.41 Å². The molecule has 0 radical (unpaired) electrons. The molecule has 0 aromatic rings. The normalized spacial score (nSPS) is 32.2. The monoisotopic (exact) mass is 164 g/mol. The van der Waals surface area contributed by atoms with E-state index in [0.29, 0.717) is 11.3 Å². The van der Waals surface area contributed by atoms with Crippen molar-refractivity contribution in [2.45, 2.75) is 41.5 Å². The molecule has 0 heterocycles. The molecule has 1 aliphatic rings. The van der Waals surface area contributed by atoms with Crippen molar-refractivity contribution in [3.8, 4) is 11.8 Å². The van der Waals surface area contributed by atoms with E-state index in [0.717, 1.165) is 5.92 Å². The summed E-state index contributed by atoms with van der Waals surface area (Å²) in [6.07, 6.45) is 0. The van der Waals surface area contributed by atoms with Gasteiger partial charge in [0.25, 0.3) is 0 Å². The van der Waals surface area contributed by atoms with E-state index in [1.54, 1.807) is 0 Å². The summed E-state index contributed by atoms with van der Waals surface area (Å²) in [5.41, 5.74) is 0.636. The average Bonchev–Trinajstić information content (AvgIpc) is 2.28. The molecule has 68 valence electrons. The SMILES string of the molecule is CC1C(C#CC(C)(C)C)C1(C)C. The Hall–Kier alpha value is -0.440. The van der Waals surface area contributed by atoms with Crippen molar-refractivity contribution in [3.05, 3.63) is 0 Å². The van der Waals surface area contributed by atoms with Gasteiger partial charge in [-0.05, 0) is 32.1 Å². The Bertz CT molecular complexity index is 229. The second kappa shape index (κ2) is 2.52. The summed E-state index contributed by atoms with van der Waals surface area (Å²) in [4.78, 5) is 0. The van der Waals surface area contributed by atoms with Gasteiger partial charge in [-0.15, -0.1) is 0 Å². The summed E-state index contributed by atoms with van der Waals surface area (Å²) in [6.45, 7) is 13.4. The Morgan fingerprint density at radius 1 is 1.17 bits per heavy atom. The molecule has 0 aromatic carbocycles. The first-order chi connectivity index (χ1) is 5.25. The van der Waals surface area contributed by atoms with E-state index >= 15 is 0 Å². The molecule has 1 saturated carbocycles. The van der Waals surface area contributed by atoms with Crippen LogP contribution >= 0.6 is 0 Å². The fourth-order valence-corrected chi connectivity index (χ4v) is 1.50. The van der Waals surface area contributed by atoms with E-state index in [9.17, 15) is 0 Å². The molecule has 0 heteroatoms. The molecule has 0 nitrogen and oxygen atoms in total. The molecule has 0 aromatic heterocycles. The van der Waals surface area contributed by atoms with Gasteiger partial charge in [0.05, 0.1) is 0 Å². The summed E-state index contributed by atoms with van der Waals surface area (Å²) in [5.74, 6) is 8.13. The minimum atomic E-state index is 0.165. The lowest BCUT2D eigenvalue weighted by atomic mass is 9.97. The fraction of sp³-hybridized carbons (Fsp3) is 0.833. The highest BCUT2D eigenvalue weighted by Crippen LogP contribution is 2.57. The number of hydrogen-bond acceptors (Lipinski definition) is 0. The molecule has 2 unspecified atom stereocenters. The van der Waals surface area contributed by atoms with Crippen LogP contribution in [0, 0.1) is 34.5 Å². The van der Waals surface area contributed by atoms with Crippen molar-refractivity contribution >= 4 is 0 Å². The topological polar surface area (TPSA) is 0 Å². The molecule has 2 atom stereocenters. The van der Waals surface area contributed by atoms with E-state index in [1.807, 2.05) is 0 Å². The smallest absolute Gasteiger partial charge is 0.0288 e. The summed E-state index contributed by atoms with van der Waals surface area (Å²) in [5, 5.41) is 0. The lowest BCUT2D eigenvalue weighted by Crippen LogP contribution is -2.00. The molecule has 0 spiro atoms. The van der Waals surface area contributed by atoms with Crippen molar-refractivity contribution < 1.29 is 0 Å². The van der Waals surface area contributed by atoms with Gasteiger partial charge in [-0.1, -0.05) is 32.6 Å². The van der Waals surface area contributed by atoms with Crippen molar-refractivity contribution in [1.82, 2.24) is 0 Å². The first kappa shape index (κ1) is 9.65. The molecule has 0 bridgehead atoms. The van der Waals surface area contributed by atoms with Crippen LogP contribution in [-0.4, -0.2) is 0 Å². The van der Waals surface area contributed by atoms with Gasteiger partial charge >= 0.3 is 0 Å². The quantitative estimate of drug-likeness (QED) is 0.482. The highest BCUT2D eigenvalue weighted by molar-refractivity contribution is 5.22. The average molecular weight is 164 g/mol. The molecule has 0 aliphatic heterocycles. The van der Waals surface area contributed by atoms with Crippen LogP contribution in [0.3, 0.4) is 0 Å². The Labute approximate surface area is 76.7 Å². The maximum atomic E-state index is 3.39. The highest BCUT2D eigenvalue weighted by atomic mass is 14.6. The minimum Gasteiger partial charge on any atom is -0.0985 e. The van der Waals surface area contributed by atoms with Crippen molar-refractivity contribution in [3.63, 3.8) is 0 Å². The van der Waals surface area contributed by atoms with Crippen LogP contribution in [0.25, 0.3) is 0 Å². The first-order valence-corrected chi connectivity index (χ1v) is 4.78. The van der Waals surface area contributed by atoms with Crippen LogP contribution in [0.4, 0.5) is 0 Å². The van der Waals surface area contributed by atoms with Crippen LogP contribution in [0.2, 0.25) is 0 Å². The molecule has 1 rings (SSSR count). The van der Waals surface area contributed by atoms with Gasteiger partial charge in [0.1, 0.15) is 0 Å². The standard InChI is InChI=1S/C12H20/c1-9-10(12(9,5)6)7-8-11(2,3)4/h9-10H,1-6H3. The van der Waals surface area contributed by atoms with Gasteiger partial charge < -0.3 is 0 Å². The maximum absolute atomic E-state index is 3.39. The van der Waals surface area contributed by atoms with Gasteiger partial charge in [0.15, 0.2) is 0 Å². The van der Waals surface area contributed by atoms with Crippen molar-refractivity contribution in [2.24, 2.45) is 22.7 Å². The second-order valence-corrected chi connectivity index (χ2v) is 5.61. The van der Waals surface area contributed by atoms with Gasteiger partial charge in [-0.2, -0.15) is 0 Å². The third kappa shape index (κ3) is 1.83. The van der Waals surface area contributed by atoms with Crippen LogP contribution in [0.15, 0.2) is 0 Å². The highest BCUT2D eigenvalue weighted by Gasteiger charge is 2.53. The first-order valence-electron chi connectivity index (χ1n) is 4.78. The van der Waals surface area contributed by atoms with E-state index in [2.05, 4.69) is 53.4 Å². The molecular weight excluding hydrogens is 144 g/mol. The summed E-state index contributed by atoms with van der Waals surface area (Å²) in [6, 6.07) is 0. The molecule has 0 saturated heterocycles. The zero-order valence-corrected chi connectivity index (χ0v) is 9.15. The van der Waals surface area contributed by atoms with Crippen molar-refractivity contribution in [1.29, 1.82) is 0 Å². The van der Waals surface area contributed by atoms with Crippen LogP contribution < -0.4 is 0 Å². The molecule has 1 fully saturated rings. The maximum Gasteiger partial charge on any atom is 0.0288 e. The second-order valence-electron chi connectivity index (χ2n) is 5.61. The Morgan fingerprint density at radius 3 is 1.83 bits per heavy atom. The Balaban J connectivity index is 2.60. The van der Waals surface area contributed by atoms with Crippen molar-refractivity contribution in [2.75, 3.05) is 0 Å². The zero-order chi connectivity index (χ0) is 9.57. The minimum absolute atomic E-state index is 0.165. The van der Waals surface area contributed by atoms with Gasteiger partial charge in [-0.25, -0.2) is 0 Å². The van der Waals surface area contributed by atoms with E-state index in [1.165, 1.54) is 0 Å². The fourth-order valence-electron chi connectivity index (χ4n) is 1.50. The third-order valence-electron chi connectivity index (χ3n) is 2.97.